The van der Waals surface area contributed by atoms with Crippen molar-refractivity contribution < 1.29 is 18.7 Å². The van der Waals surface area contributed by atoms with Gasteiger partial charge in [-0.15, -0.1) is 0 Å². The van der Waals surface area contributed by atoms with Gasteiger partial charge < -0.3 is 15.7 Å². The van der Waals surface area contributed by atoms with Crippen LogP contribution in [0.4, 0.5) is 13.6 Å². The van der Waals surface area contributed by atoms with Crippen LogP contribution in [0.5, 0.6) is 0 Å². The van der Waals surface area contributed by atoms with Crippen molar-refractivity contribution in [3.05, 3.63) is 35.4 Å². The zero-order chi connectivity index (χ0) is 16.2. The van der Waals surface area contributed by atoms with Crippen molar-refractivity contribution in [2.24, 2.45) is 0 Å². The van der Waals surface area contributed by atoms with E-state index >= 15 is 0 Å². The molecule has 0 heterocycles. The van der Waals surface area contributed by atoms with Crippen molar-refractivity contribution in [3.63, 3.8) is 0 Å². The van der Waals surface area contributed by atoms with Crippen molar-refractivity contribution in [1.29, 1.82) is 0 Å². The molecule has 0 saturated heterocycles. The van der Waals surface area contributed by atoms with Crippen LogP contribution in [0.1, 0.15) is 44.1 Å². The molecule has 0 aliphatic heterocycles. The fourth-order valence-electron chi connectivity index (χ4n) is 2.92. The molecule has 1 saturated carbocycles. The molecule has 0 aromatic heterocycles. The first-order valence-electron chi connectivity index (χ1n) is 7.57. The highest BCUT2D eigenvalue weighted by molar-refractivity contribution is 5.75. The van der Waals surface area contributed by atoms with Gasteiger partial charge in [0.2, 0.25) is 0 Å². The number of carbonyl (C=O) groups is 1. The number of carbonyl (C=O) groups excluding carboxylic acids is 1. The summed E-state index contributed by atoms with van der Waals surface area (Å²) in [5, 5.41) is 15.0. The molecule has 1 aliphatic rings. The van der Waals surface area contributed by atoms with Crippen molar-refractivity contribution in [2.45, 2.75) is 44.1 Å². The lowest BCUT2D eigenvalue weighted by Crippen LogP contribution is -2.53. The molecule has 22 heavy (non-hydrogen) atoms. The molecule has 6 heteroatoms. The summed E-state index contributed by atoms with van der Waals surface area (Å²) in [6, 6.07) is 3.06. The van der Waals surface area contributed by atoms with Gasteiger partial charge in [-0.25, -0.2) is 13.6 Å². The fourth-order valence-corrected chi connectivity index (χ4v) is 2.92. The number of hydrogen-bond acceptors (Lipinski definition) is 2. The van der Waals surface area contributed by atoms with Crippen LogP contribution in [0.15, 0.2) is 18.2 Å². The number of benzene rings is 1. The third kappa shape index (κ3) is 3.94. The highest BCUT2D eigenvalue weighted by Crippen LogP contribution is 2.29. The monoisotopic (exact) mass is 312 g/mol. The molecular weight excluding hydrogens is 290 g/mol. The molecule has 122 valence electrons. The summed E-state index contributed by atoms with van der Waals surface area (Å²) in [5.74, 6) is -1.51. The predicted molar refractivity (Wildman–Crippen MR) is 79.6 cm³/mol. The maximum absolute atomic E-state index is 13.7. The van der Waals surface area contributed by atoms with Gasteiger partial charge >= 0.3 is 6.03 Å². The zero-order valence-corrected chi connectivity index (χ0v) is 12.7. The summed E-state index contributed by atoms with van der Waals surface area (Å²) in [6.07, 6.45) is 3.49. The Balaban J connectivity index is 1.87. The molecule has 0 radical (unpaired) electrons. The molecule has 1 aromatic rings. The number of amides is 2. The van der Waals surface area contributed by atoms with E-state index in [4.69, 9.17) is 0 Å². The number of hydrogen-bond donors (Lipinski definition) is 3. The third-order valence-electron chi connectivity index (χ3n) is 4.30. The lowest BCUT2D eigenvalue weighted by molar-refractivity contribution is 0.162. The fraction of sp³-hybridized carbons (Fsp3) is 0.562. The largest absolute Gasteiger partial charge is 0.394 e. The second-order valence-corrected chi connectivity index (χ2v) is 6.05. The minimum absolute atomic E-state index is 0.0808. The number of halogens is 2. The summed E-state index contributed by atoms with van der Waals surface area (Å²) in [4.78, 5) is 12.0. The van der Waals surface area contributed by atoms with Crippen LogP contribution in [0, 0.1) is 11.6 Å². The van der Waals surface area contributed by atoms with E-state index in [1.807, 2.05) is 0 Å². The summed E-state index contributed by atoms with van der Waals surface area (Å²) >= 11 is 0. The number of nitrogens with one attached hydrogen (secondary N) is 2. The molecule has 2 amide bonds. The quantitative estimate of drug-likeness (QED) is 0.783. The first-order chi connectivity index (χ1) is 10.5. The Labute approximate surface area is 128 Å². The highest BCUT2D eigenvalue weighted by atomic mass is 19.1. The number of aliphatic hydroxyl groups is 1. The van der Waals surface area contributed by atoms with Crippen LogP contribution >= 0.6 is 0 Å². The Kier molecular flexibility index (Phi) is 5.34. The Morgan fingerprint density at radius 3 is 2.64 bits per heavy atom. The van der Waals surface area contributed by atoms with Gasteiger partial charge in [0.1, 0.15) is 11.6 Å². The van der Waals surface area contributed by atoms with E-state index in [9.17, 15) is 18.7 Å². The molecule has 1 unspecified atom stereocenters. The molecule has 1 aliphatic carbocycles. The highest BCUT2D eigenvalue weighted by Gasteiger charge is 2.34. The van der Waals surface area contributed by atoms with Crippen molar-refractivity contribution in [3.8, 4) is 0 Å². The standard InChI is InChI=1S/C16H22F2N2O2/c1-11(13-5-4-12(17)8-14(13)18)9-19-15(22)20-16(10-21)6-2-3-7-16/h4-5,8,11,21H,2-3,6-7,9-10H2,1H3,(H2,19,20,22). The van der Waals surface area contributed by atoms with Crippen LogP contribution in [0.3, 0.4) is 0 Å². The minimum Gasteiger partial charge on any atom is -0.394 e. The van der Waals surface area contributed by atoms with E-state index in [1.54, 1.807) is 6.92 Å². The normalized spacial score (nSPS) is 18.0. The Hall–Kier alpha value is -1.69. The smallest absolute Gasteiger partial charge is 0.315 e. The Morgan fingerprint density at radius 2 is 2.05 bits per heavy atom. The third-order valence-corrected chi connectivity index (χ3v) is 4.30. The van der Waals surface area contributed by atoms with Crippen LogP contribution in [-0.2, 0) is 0 Å². The molecule has 1 fully saturated rings. The van der Waals surface area contributed by atoms with E-state index in [2.05, 4.69) is 10.6 Å². The Bertz CT molecular complexity index is 531. The first-order valence-corrected chi connectivity index (χ1v) is 7.57. The van der Waals surface area contributed by atoms with Gasteiger partial charge in [0.15, 0.2) is 0 Å². The van der Waals surface area contributed by atoms with Gasteiger partial charge in [-0.1, -0.05) is 25.8 Å². The second-order valence-electron chi connectivity index (χ2n) is 6.05. The van der Waals surface area contributed by atoms with Crippen molar-refractivity contribution >= 4 is 6.03 Å². The number of aliphatic hydroxyl groups excluding tert-OH is 1. The van der Waals surface area contributed by atoms with Crippen LogP contribution < -0.4 is 10.6 Å². The summed E-state index contributed by atoms with van der Waals surface area (Å²) < 4.78 is 26.6. The first kappa shape index (κ1) is 16.7. The van der Waals surface area contributed by atoms with Crippen LogP contribution in [-0.4, -0.2) is 29.8 Å². The lowest BCUT2D eigenvalue weighted by atomic mass is 9.99. The molecule has 4 nitrogen and oxygen atoms in total. The maximum Gasteiger partial charge on any atom is 0.315 e. The van der Waals surface area contributed by atoms with Gasteiger partial charge in [-0.3, -0.25) is 0 Å². The maximum atomic E-state index is 13.7. The average molecular weight is 312 g/mol. The van der Waals surface area contributed by atoms with E-state index in [0.29, 0.717) is 5.56 Å². The zero-order valence-electron chi connectivity index (χ0n) is 12.7. The molecular formula is C16H22F2N2O2. The van der Waals surface area contributed by atoms with Gasteiger partial charge in [0.05, 0.1) is 12.1 Å². The second kappa shape index (κ2) is 7.05. The SMILES string of the molecule is CC(CNC(=O)NC1(CO)CCCC1)c1ccc(F)cc1F. The minimum atomic E-state index is -0.620. The van der Waals surface area contributed by atoms with E-state index in [-0.39, 0.29) is 25.1 Å². The van der Waals surface area contributed by atoms with Crippen molar-refractivity contribution in [2.75, 3.05) is 13.2 Å². The molecule has 0 bridgehead atoms. The van der Waals surface area contributed by atoms with Gasteiger partial charge in [0, 0.05) is 18.5 Å². The summed E-state index contributed by atoms with van der Waals surface area (Å²) in [6.45, 7) is 1.91. The van der Waals surface area contributed by atoms with E-state index in [1.165, 1.54) is 12.1 Å². The predicted octanol–water partition coefficient (Wildman–Crippen LogP) is 2.67. The van der Waals surface area contributed by atoms with Gasteiger partial charge in [-0.2, -0.15) is 0 Å². The lowest BCUT2D eigenvalue weighted by Gasteiger charge is -2.28. The van der Waals surface area contributed by atoms with E-state index < -0.39 is 17.2 Å². The Morgan fingerprint density at radius 1 is 1.36 bits per heavy atom. The molecule has 1 atom stereocenters. The van der Waals surface area contributed by atoms with E-state index in [0.717, 1.165) is 31.7 Å². The van der Waals surface area contributed by atoms with Crippen molar-refractivity contribution in [1.82, 2.24) is 10.6 Å². The summed E-state index contributed by atoms with van der Waals surface area (Å²) in [7, 11) is 0. The van der Waals surface area contributed by atoms with Gasteiger partial charge in [0.25, 0.3) is 0 Å². The molecule has 1 aromatic carbocycles. The van der Waals surface area contributed by atoms with Gasteiger partial charge in [-0.05, 0) is 24.5 Å². The topological polar surface area (TPSA) is 61.4 Å². The number of urea groups is 1. The summed E-state index contributed by atoms with van der Waals surface area (Å²) in [5.41, 5.74) is -0.173. The molecule has 0 spiro atoms. The molecule has 2 rings (SSSR count). The van der Waals surface area contributed by atoms with Crippen LogP contribution in [0.25, 0.3) is 0 Å². The number of rotatable bonds is 5. The molecule has 3 N–H and O–H groups in total. The van der Waals surface area contributed by atoms with Crippen LogP contribution in [0.2, 0.25) is 0 Å². The average Bonchev–Trinajstić information content (AvgIpc) is 2.94.